The molecule has 1 aromatic carbocycles. The molecule has 4 N–H and O–H groups in total. The van der Waals surface area contributed by atoms with Crippen molar-refractivity contribution in [3.8, 4) is 0 Å². The zero-order valence-corrected chi connectivity index (χ0v) is 17.2. The molecule has 0 aliphatic rings. The van der Waals surface area contributed by atoms with E-state index in [2.05, 4.69) is 15.9 Å². The Kier molecular flexibility index (Phi) is 6.62. The van der Waals surface area contributed by atoms with Gasteiger partial charge in [0.2, 0.25) is 5.91 Å². The van der Waals surface area contributed by atoms with Crippen LogP contribution in [0.15, 0.2) is 16.6 Å². The molecule has 156 valence electrons. The van der Waals surface area contributed by atoms with E-state index in [0.29, 0.717) is 16.9 Å². The summed E-state index contributed by atoms with van der Waals surface area (Å²) < 4.78 is 76.3. The number of unbranched alkanes of at least 4 members (excludes halogenated alkanes) is 1. The Labute approximate surface area is 168 Å². The van der Waals surface area contributed by atoms with Crippen molar-refractivity contribution >= 4 is 50.9 Å². The quantitative estimate of drug-likeness (QED) is 0.269. The first-order valence-electron chi connectivity index (χ1n) is 7.70. The van der Waals surface area contributed by atoms with Crippen LogP contribution in [-0.4, -0.2) is 21.9 Å². The van der Waals surface area contributed by atoms with E-state index in [1.165, 1.54) is 12.1 Å². The average molecular weight is 510 g/mol. The van der Waals surface area contributed by atoms with Gasteiger partial charge in [-0.2, -0.15) is 22.0 Å². The minimum Gasteiger partial charge on any atom is -0.366 e. The minimum atomic E-state index is -5.83. The second-order valence-corrected chi connectivity index (χ2v) is 9.49. The van der Waals surface area contributed by atoms with Gasteiger partial charge >= 0.3 is 19.4 Å². The zero-order chi connectivity index (χ0) is 21.5. The van der Waals surface area contributed by atoms with Crippen LogP contribution in [0.3, 0.4) is 0 Å². The van der Waals surface area contributed by atoms with Crippen LogP contribution in [0, 0.1) is 0 Å². The largest absolute Gasteiger partial charge is 0.400 e. The maximum atomic E-state index is 14.2. The summed E-state index contributed by atoms with van der Waals surface area (Å²) in [5.74, 6) is -0.875. The third-order valence-corrected chi connectivity index (χ3v) is 7.43. The van der Waals surface area contributed by atoms with Gasteiger partial charge in [-0.1, -0.05) is 0 Å². The lowest BCUT2D eigenvalue weighted by atomic mass is 10.0. The lowest BCUT2D eigenvalue weighted by Crippen LogP contribution is -2.12. The Hall–Kier alpha value is -1.07. The highest BCUT2D eigenvalue weighted by Crippen LogP contribution is 2.63. The number of nitrogens with two attached hydrogens (primary N) is 1. The van der Waals surface area contributed by atoms with Gasteiger partial charge in [0.05, 0.1) is 0 Å². The van der Waals surface area contributed by atoms with E-state index in [9.17, 15) is 31.3 Å². The number of benzene rings is 1. The Morgan fingerprint density at radius 3 is 2.29 bits per heavy atom. The molecule has 5 nitrogen and oxygen atoms in total. The summed E-state index contributed by atoms with van der Waals surface area (Å²) >= 11 is 3.30. The number of alkyl halides is 5. The summed E-state index contributed by atoms with van der Waals surface area (Å²) in [4.78, 5) is 28.5. The van der Waals surface area contributed by atoms with Crippen LogP contribution in [0.5, 0.6) is 0 Å². The molecule has 28 heavy (non-hydrogen) atoms. The molecule has 0 radical (unpaired) electrons. The number of carbonyl (C=O) groups is 1. The van der Waals surface area contributed by atoms with E-state index in [-0.39, 0.29) is 39.4 Å². The van der Waals surface area contributed by atoms with E-state index in [1.54, 1.807) is 0 Å². The molecule has 0 bridgehead atoms. The van der Waals surface area contributed by atoms with Gasteiger partial charge in [-0.3, -0.25) is 9.36 Å². The summed E-state index contributed by atoms with van der Waals surface area (Å²) in [5, 5.41) is 0.0789. The third-order valence-electron chi connectivity index (χ3n) is 3.89. The minimum absolute atomic E-state index is 0.0432. The number of carbonyl (C=O) groups excluding carboxylic acids is 1. The molecular weight excluding hydrogens is 496 g/mol. The average Bonchev–Trinajstić information content (AvgIpc) is 2.87. The number of fused-ring (bicyclic) bond motifs is 1. The maximum Gasteiger partial charge on any atom is 0.400 e. The monoisotopic (exact) mass is 509 g/mol. The predicted molar refractivity (Wildman–Crippen MR) is 97.6 cm³/mol. The van der Waals surface area contributed by atoms with Crippen molar-refractivity contribution in [1.29, 1.82) is 0 Å². The number of hydrogen-bond acceptors (Lipinski definition) is 3. The van der Waals surface area contributed by atoms with E-state index >= 15 is 0 Å². The van der Waals surface area contributed by atoms with Crippen molar-refractivity contribution in [2.75, 3.05) is 0 Å². The van der Waals surface area contributed by atoms with Gasteiger partial charge in [0.1, 0.15) is 4.88 Å². The molecule has 0 atom stereocenters. The number of thiophene rings is 1. The van der Waals surface area contributed by atoms with Gasteiger partial charge < -0.3 is 15.5 Å². The van der Waals surface area contributed by atoms with E-state index < -0.39 is 36.6 Å². The first-order chi connectivity index (χ1) is 12.6. The third kappa shape index (κ3) is 4.91. The summed E-state index contributed by atoms with van der Waals surface area (Å²) in [6, 6.07) is 2.48. The van der Waals surface area contributed by atoms with Crippen LogP contribution >= 0.6 is 34.9 Å². The highest BCUT2D eigenvalue weighted by Gasteiger charge is 2.53. The summed E-state index contributed by atoms with van der Waals surface area (Å²) in [7, 11) is -5.83. The number of primary amides is 1. The predicted octanol–water partition coefficient (Wildman–Crippen LogP) is 5.26. The first kappa shape index (κ1) is 23.2. The Bertz CT molecular complexity index is 956. The van der Waals surface area contributed by atoms with Crippen molar-refractivity contribution in [1.82, 2.24) is 0 Å². The van der Waals surface area contributed by atoms with Crippen molar-refractivity contribution in [2.45, 2.75) is 37.5 Å². The Balaban J connectivity index is 2.52. The number of halogens is 6. The molecule has 0 unspecified atom stereocenters. The standard InChI is InChI=1S/C15H14BrF5NO4PS/c16-10-9-6-8(13(22)23)5-7(3-1-2-4-14(17,18)19)11(9)28-12(10)15(20,21)27(24,25)26/h5-6H,1-4H2,(H2,22,23)(H2,24,25,26). The first-order valence-corrected chi connectivity index (χ1v) is 10.9. The van der Waals surface area contributed by atoms with Gasteiger partial charge in [-0.15, -0.1) is 11.3 Å². The van der Waals surface area contributed by atoms with Gasteiger partial charge in [-0.25, -0.2) is 0 Å². The SMILES string of the molecule is NC(=O)c1cc(CCCCC(F)(F)F)c2sc(C(F)(F)P(=O)(O)O)c(Br)c2c1. The second kappa shape index (κ2) is 7.98. The fraction of sp³-hybridized carbons (Fsp3) is 0.400. The number of rotatable bonds is 7. The van der Waals surface area contributed by atoms with Crippen LogP contribution in [0.4, 0.5) is 22.0 Å². The fourth-order valence-electron chi connectivity index (χ4n) is 2.54. The molecule has 0 saturated carbocycles. The van der Waals surface area contributed by atoms with Crippen LogP contribution < -0.4 is 5.73 Å². The van der Waals surface area contributed by atoms with Gasteiger partial charge in [-0.05, 0) is 52.9 Å². The maximum absolute atomic E-state index is 14.2. The lowest BCUT2D eigenvalue weighted by molar-refractivity contribution is -0.135. The number of amides is 1. The van der Waals surface area contributed by atoms with E-state index in [4.69, 9.17) is 15.5 Å². The highest BCUT2D eigenvalue weighted by molar-refractivity contribution is 9.10. The van der Waals surface area contributed by atoms with Crippen molar-refractivity contribution in [3.05, 3.63) is 32.6 Å². The molecular formula is C15H14BrF5NO4PS. The molecule has 2 aromatic rings. The molecule has 0 saturated heterocycles. The molecule has 0 spiro atoms. The van der Waals surface area contributed by atoms with Crippen LogP contribution in [-0.2, 0) is 16.6 Å². The van der Waals surface area contributed by atoms with Crippen molar-refractivity contribution in [3.63, 3.8) is 0 Å². The topological polar surface area (TPSA) is 101 Å². The fourth-order valence-corrected chi connectivity index (χ4v) is 5.58. The molecule has 2 rings (SSSR count). The number of aryl methyl sites for hydroxylation is 1. The van der Waals surface area contributed by atoms with E-state index in [0.717, 1.165) is 0 Å². The smallest absolute Gasteiger partial charge is 0.366 e. The summed E-state index contributed by atoms with van der Waals surface area (Å²) in [6.07, 6.45) is -5.43. The second-order valence-electron chi connectivity index (χ2n) is 6.03. The Morgan fingerprint density at radius 2 is 1.79 bits per heavy atom. The molecule has 13 heteroatoms. The molecule has 1 heterocycles. The van der Waals surface area contributed by atoms with E-state index in [1.807, 2.05) is 0 Å². The van der Waals surface area contributed by atoms with Gasteiger partial charge in [0, 0.05) is 26.5 Å². The highest BCUT2D eigenvalue weighted by atomic mass is 79.9. The molecule has 1 aromatic heterocycles. The molecule has 1 amide bonds. The zero-order valence-electron chi connectivity index (χ0n) is 13.9. The number of hydrogen-bond donors (Lipinski definition) is 3. The molecule has 0 fully saturated rings. The van der Waals surface area contributed by atoms with Crippen LogP contribution in [0.25, 0.3) is 10.1 Å². The van der Waals surface area contributed by atoms with Crippen molar-refractivity contribution < 1.29 is 41.1 Å². The Morgan fingerprint density at radius 1 is 1.18 bits per heavy atom. The van der Waals surface area contributed by atoms with Crippen LogP contribution in [0.1, 0.15) is 40.1 Å². The summed E-state index contributed by atoms with van der Waals surface area (Å²) in [5.41, 5.74) is 0.994. The van der Waals surface area contributed by atoms with Crippen LogP contribution in [0.2, 0.25) is 0 Å². The molecule has 0 aliphatic heterocycles. The normalized spacial score (nSPS) is 13.3. The lowest BCUT2D eigenvalue weighted by Gasteiger charge is -2.16. The van der Waals surface area contributed by atoms with Gasteiger partial charge in [0.15, 0.2) is 0 Å². The molecule has 0 aliphatic carbocycles. The summed E-state index contributed by atoms with van der Waals surface area (Å²) in [6.45, 7) is 0. The van der Waals surface area contributed by atoms with Gasteiger partial charge in [0.25, 0.3) is 0 Å². The van der Waals surface area contributed by atoms with Crippen molar-refractivity contribution in [2.24, 2.45) is 5.73 Å².